The molecule has 0 aliphatic carbocycles. The van der Waals surface area contributed by atoms with E-state index in [1.807, 2.05) is 66.5 Å². The number of allylic oxidation sites excluding steroid dienone is 1. The highest BCUT2D eigenvalue weighted by atomic mass is 15.3. The van der Waals surface area contributed by atoms with Gasteiger partial charge in [0.05, 0.1) is 5.69 Å². The first-order valence-corrected chi connectivity index (χ1v) is 4.89. The molecule has 76 valence electrons. The molecule has 0 saturated carbocycles. The number of benzene rings is 1. The quantitative estimate of drug-likeness (QED) is 0.823. The van der Waals surface area contributed by atoms with Crippen molar-refractivity contribution in [1.29, 1.82) is 0 Å². The summed E-state index contributed by atoms with van der Waals surface area (Å²) < 4.78 is 1.84. The van der Waals surface area contributed by atoms with Gasteiger partial charge in [-0.15, -0.1) is 0 Å². The summed E-state index contributed by atoms with van der Waals surface area (Å²) in [5.74, 6) is 0.844. The first kappa shape index (κ1) is 9.52. The molecule has 1 aromatic heterocycles. The summed E-state index contributed by atoms with van der Waals surface area (Å²) in [5, 5.41) is 7.44. The molecule has 15 heavy (non-hydrogen) atoms. The number of nitrogens with zero attached hydrogens (tertiary/aromatic N) is 2. The Kier molecular flexibility index (Phi) is 2.83. The molecule has 0 saturated heterocycles. The predicted octanol–water partition coefficient (Wildman–Crippen LogP) is 2.82. The zero-order valence-electron chi connectivity index (χ0n) is 8.59. The van der Waals surface area contributed by atoms with Crippen LogP contribution in [0.3, 0.4) is 0 Å². The van der Waals surface area contributed by atoms with Gasteiger partial charge in [-0.2, -0.15) is 5.10 Å². The van der Waals surface area contributed by atoms with Crippen molar-refractivity contribution in [2.24, 2.45) is 0 Å². The maximum Gasteiger partial charge on any atom is 0.152 e. The van der Waals surface area contributed by atoms with Crippen LogP contribution in [0, 0.1) is 0 Å². The van der Waals surface area contributed by atoms with Gasteiger partial charge >= 0.3 is 0 Å². The molecule has 1 aromatic carbocycles. The van der Waals surface area contributed by atoms with Crippen molar-refractivity contribution in [3.05, 3.63) is 54.9 Å². The minimum absolute atomic E-state index is 0.844. The Hall–Kier alpha value is -2.03. The van der Waals surface area contributed by atoms with Gasteiger partial charge in [0.2, 0.25) is 0 Å². The van der Waals surface area contributed by atoms with Crippen LogP contribution in [0.1, 0.15) is 6.92 Å². The van der Waals surface area contributed by atoms with Crippen LogP contribution in [-0.2, 0) is 0 Å². The number of aromatic nitrogens is 2. The average molecular weight is 199 g/mol. The third kappa shape index (κ3) is 2.26. The topological polar surface area (TPSA) is 29.9 Å². The van der Waals surface area contributed by atoms with Crippen LogP contribution in [0.15, 0.2) is 54.9 Å². The molecule has 2 rings (SSSR count). The summed E-state index contributed by atoms with van der Waals surface area (Å²) in [5.41, 5.74) is 1.06. The fourth-order valence-corrected chi connectivity index (χ4v) is 1.29. The smallest absolute Gasteiger partial charge is 0.152 e. The molecule has 0 unspecified atom stereocenters. The first-order valence-electron chi connectivity index (χ1n) is 4.89. The lowest BCUT2D eigenvalue weighted by molar-refractivity contribution is 0.884. The van der Waals surface area contributed by atoms with Gasteiger partial charge in [-0.25, -0.2) is 4.68 Å². The van der Waals surface area contributed by atoms with Gasteiger partial charge in [-0.05, 0) is 25.3 Å². The Bertz CT molecular complexity index is 443. The molecule has 0 bridgehead atoms. The Balaban J connectivity index is 2.20. The molecule has 0 fully saturated rings. The van der Waals surface area contributed by atoms with E-state index in [0.29, 0.717) is 0 Å². The van der Waals surface area contributed by atoms with Gasteiger partial charge in [0.1, 0.15) is 0 Å². The van der Waals surface area contributed by atoms with E-state index < -0.39 is 0 Å². The van der Waals surface area contributed by atoms with Crippen molar-refractivity contribution in [1.82, 2.24) is 9.78 Å². The first-order chi connectivity index (χ1) is 7.40. The molecule has 0 aliphatic rings. The zero-order chi connectivity index (χ0) is 10.5. The summed E-state index contributed by atoms with van der Waals surface area (Å²) in [6.45, 7) is 1.96. The van der Waals surface area contributed by atoms with Gasteiger partial charge in [-0.1, -0.05) is 24.3 Å². The molecule has 1 N–H and O–H groups in total. The zero-order valence-corrected chi connectivity index (χ0v) is 8.59. The maximum atomic E-state index is 4.37. The van der Waals surface area contributed by atoms with E-state index in [0.717, 1.165) is 11.5 Å². The lowest BCUT2D eigenvalue weighted by Gasteiger charge is -1.99. The number of hydrogen-bond donors (Lipinski definition) is 1. The molecular formula is C12H13N3. The van der Waals surface area contributed by atoms with Crippen molar-refractivity contribution in [3.63, 3.8) is 0 Å². The van der Waals surface area contributed by atoms with Crippen molar-refractivity contribution in [2.45, 2.75) is 6.92 Å². The van der Waals surface area contributed by atoms with E-state index in [4.69, 9.17) is 0 Å². The van der Waals surface area contributed by atoms with E-state index in [1.54, 1.807) is 0 Å². The molecule has 0 radical (unpaired) electrons. The maximum absolute atomic E-state index is 4.37. The van der Waals surface area contributed by atoms with Crippen LogP contribution in [-0.4, -0.2) is 9.78 Å². The Morgan fingerprint density at radius 1 is 1.20 bits per heavy atom. The van der Waals surface area contributed by atoms with Crippen LogP contribution in [0.5, 0.6) is 0 Å². The van der Waals surface area contributed by atoms with E-state index >= 15 is 0 Å². The van der Waals surface area contributed by atoms with Crippen molar-refractivity contribution < 1.29 is 0 Å². The standard InChI is InChI=1S/C12H13N3/c1-2-9-13-12-8-10-15(14-12)11-6-4-3-5-7-11/h2-10H,1H3,(H,13,14). The Morgan fingerprint density at radius 3 is 2.73 bits per heavy atom. The lowest BCUT2D eigenvalue weighted by Crippen LogP contribution is -1.95. The summed E-state index contributed by atoms with van der Waals surface area (Å²) >= 11 is 0. The molecule has 1 heterocycles. The molecule has 0 atom stereocenters. The lowest BCUT2D eigenvalue weighted by atomic mass is 10.3. The van der Waals surface area contributed by atoms with Crippen LogP contribution >= 0.6 is 0 Å². The van der Waals surface area contributed by atoms with Crippen molar-refractivity contribution in [2.75, 3.05) is 5.32 Å². The second-order valence-electron chi connectivity index (χ2n) is 3.13. The molecule has 3 nitrogen and oxygen atoms in total. The van der Waals surface area contributed by atoms with Crippen LogP contribution in [0.25, 0.3) is 5.69 Å². The molecular weight excluding hydrogens is 186 g/mol. The third-order valence-electron chi connectivity index (χ3n) is 2.01. The van der Waals surface area contributed by atoms with E-state index in [9.17, 15) is 0 Å². The number of hydrogen-bond acceptors (Lipinski definition) is 2. The minimum Gasteiger partial charge on any atom is -0.346 e. The second kappa shape index (κ2) is 4.46. The molecule has 0 spiro atoms. The molecule has 0 aliphatic heterocycles. The fraction of sp³-hybridized carbons (Fsp3) is 0.0833. The number of anilines is 1. The van der Waals surface area contributed by atoms with E-state index in [1.165, 1.54) is 0 Å². The number of rotatable bonds is 3. The Morgan fingerprint density at radius 2 is 2.00 bits per heavy atom. The van der Waals surface area contributed by atoms with Crippen molar-refractivity contribution in [3.8, 4) is 5.69 Å². The van der Waals surface area contributed by atoms with Gasteiger partial charge in [-0.3, -0.25) is 0 Å². The van der Waals surface area contributed by atoms with Gasteiger partial charge in [0.25, 0.3) is 0 Å². The highest BCUT2D eigenvalue weighted by Gasteiger charge is 1.97. The van der Waals surface area contributed by atoms with Gasteiger partial charge in [0, 0.05) is 12.3 Å². The van der Waals surface area contributed by atoms with Crippen molar-refractivity contribution >= 4 is 5.82 Å². The van der Waals surface area contributed by atoms with Crippen LogP contribution < -0.4 is 5.32 Å². The fourth-order valence-electron chi connectivity index (χ4n) is 1.29. The normalized spacial score (nSPS) is 10.7. The summed E-state index contributed by atoms with van der Waals surface area (Å²) in [6, 6.07) is 12.0. The Labute approximate surface area is 89.1 Å². The second-order valence-corrected chi connectivity index (χ2v) is 3.13. The minimum atomic E-state index is 0.844. The van der Waals surface area contributed by atoms with E-state index in [2.05, 4.69) is 10.4 Å². The van der Waals surface area contributed by atoms with E-state index in [-0.39, 0.29) is 0 Å². The largest absolute Gasteiger partial charge is 0.346 e. The van der Waals surface area contributed by atoms with Gasteiger partial charge in [0.15, 0.2) is 5.82 Å². The molecule has 3 heteroatoms. The molecule has 0 amide bonds. The summed E-state index contributed by atoms with van der Waals surface area (Å²) in [6.07, 6.45) is 5.72. The summed E-state index contributed by atoms with van der Waals surface area (Å²) in [7, 11) is 0. The van der Waals surface area contributed by atoms with Crippen LogP contribution in [0.4, 0.5) is 5.82 Å². The highest BCUT2D eigenvalue weighted by Crippen LogP contribution is 2.09. The average Bonchev–Trinajstić information content (AvgIpc) is 2.76. The molecule has 2 aromatic rings. The van der Waals surface area contributed by atoms with Crippen LogP contribution in [0.2, 0.25) is 0 Å². The monoisotopic (exact) mass is 199 g/mol. The number of para-hydroxylation sites is 1. The predicted molar refractivity (Wildman–Crippen MR) is 62.0 cm³/mol. The third-order valence-corrected chi connectivity index (χ3v) is 2.01. The summed E-state index contributed by atoms with van der Waals surface area (Å²) in [4.78, 5) is 0. The SMILES string of the molecule is CC=CNc1ccn(-c2ccccc2)n1. The van der Waals surface area contributed by atoms with Gasteiger partial charge < -0.3 is 5.32 Å². The number of nitrogens with one attached hydrogen (secondary N) is 1. The highest BCUT2D eigenvalue weighted by molar-refractivity contribution is 5.39.